The lowest BCUT2D eigenvalue weighted by molar-refractivity contribution is 0.0950. The maximum absolute atomic E-state index is 12.6. The largest absolute Gasteiger partial charge is 0.348 e. The minimum absolute atomic E-state index is 0.102. The highest BCUT2D eigenvalue weighted by atomic mass is 16.1. The maximum Gasteiger partial charge on any atom is 0.253 e. The monoisotopic (exact) mass is 343 g/mol. The second-order valence-corrected chi connectivity index (χ2v) is 6.57. The maximum atomic E-state index is 12.6. The van der Waals surface area contributed by atoms with Gasteiger partial charge in [-0.15, -0.1) is 0 Å². The number of aromatic nitrogens is 1. The van der Waals surface area contributed by atoms with Crippen LogP contribution in [0, 0.1) is 6.92 Å². The van der Waals surface area contributed by atoms with Crippen LogP contribution in [0.5, 0.6) is 0 Å². The number of carbonyl (C=O) groups excluding carboxylic acids is 1. The lowest BCUT2D eigenvalue weighted by Crippen LogP contribution is -2.24. The number of fused-ring (bicyclic) bond motifs is 1. The number of carbonyl (C=O) groups is 1. The van der Waals surface area contributed by atoms with E-state index < -0.39 is 0 Å². The van der Waals surface area contributed by atoms with E-state index in [0.717, 1.165) is 24.2 Å². The van der Waals surface area contributed by atoms with E-state index in [-0.39, 0.29) is 5.91 Å². The van der Waals surface area contributed by atoms with Crippen molar-refractivity contribution in [3.8, 4) is 0 Å². The third kappa shape index (κ3) is 3.18. The number of para-hydroxylation sites is 1. The Bertz CT molecular complexity index is 951. The lowest BCUT2D eigenvalue weighted by atomic mass is 10.1. The number of hydrogen-bond donors (Lipinski definition) is 1. The van der Waals surface area contributed by atoms with Gasteiger partial charge in [0.25, 0.3) is 5.91 Å². The molecule has 0 bridgehead atoms. The fourth-order valence-corrected chi connectivity index (χ4v) is 3.39. The molecule has 4 heteroatoms. The van der Waals surface area contributed by atoms with Gasteiger partial charge in [-0.3, -0.25) is 9.78 Å². The van der Waals surface area contributed by atoms with E-state index in [1.165, 1.54) is 16.8 Å². The number of amides is 1. The predicted octanol–water partition coefficient (Wildman–Crippen LogP) is 4.01. The van der Waals surface area contributed by atoms with Crippen molar-refractivity contribution in [2.45, 2.75) is 19.9 Å². The van der Waals surface area contributed by atoms with Crippen molar-refractivity contribution in [2.24, 2.45) is 0 Å². The summed E-state index contributed by atoms with van der Waals surface area (Å²) in [7, 11) is 0. The van der Waals surface area contributed by atoms with E-state index in [0.29, 0.717) is 12.1 Å². The summed E-state index contributed by atoms with van der Waals surface area (Å²) in [5.41, 5.74) is 6.37. The number of rotatable bonds is 4. The molecule has 26 heavy (non-hydrogen) atoms. The van der Waals surface area contributed by atoms with Gasteiger partial charge in [-0.25, -0.2) is 0 Å². The van der Waals surface area contributed by atoms with Gasteiger partial charge >= 0.3 is 0 Å². The van der Waals surface area contributed by atoms with Gasteiger partial charge in [0.2, 0.25) is 0 Å². The zero-order valence-electron chi connectivity index (χ0n) is 14.8. The minimum atomic E-state index is -0.102. The van der Waals surface area contributed by atoms with Crippen molar-refractivity contribution in [2.75, 3.05) is 11.4 Å². The molecule has 0 atom stereocenters. The first-order valence-electron chi connectivity index (χ1n) is 8.85. The fourth-order valence-electron chi connectivity index (χ4n) is 3.39. The summed E-state index contributed by atoms with van der Waals surface area (Å²) in [6.07, 6.45) is 4.46. The minimum Gasteiger partial charge on any atom is -0.348 e. The molecule has 2 aromatic carbocycles. The molecule has 1 aromatic heterocycles. The van der Waals surface area contributed by atoms with Crippen molar-refractivity contribution in [1.82, 2.24) is 10.3 Å². The van der Waals surface area contributed by atoms with Gasteiger partial charge in [0, 0.05) is 25.0 Å². The van der Waals surface area contributed by atoms with Crippen LogP contribution < -0.4 is 10.2 Å². The molecule has 130 valence electrons. The molecule has 0 aliphatic carbocycles. The molecule has 1 N–H and O–H groups in total. The van der Waals surface area contributed by atoms with Crippen LogP contribution in [0.2, 0.25) is 0 Å². The Balaban J connectivity index is 1.51. The molecule has 1 amide bonds. The number of benzene rings is 2. The molecule has 0 radical (unpaired) electrons. The van der Waals surface area contributed by atoms with Crippen molar-refractivity contribution in [3.63, 3.8) is 0 Å². The first kappa shape index (κ1) is 16.3. The Hall–Kier alpha value is -3.14. The second kappa shape index (κ2) is 7.00. The summed E-state index contributed by atoms with van der Waals surface area (Å²) in [6, 6.07) is 18.4. The summed E-state index contributed by atoms with van der Waals surface area (Å²) >= 11 is 0. The van der Waals surface area contributed by atoms with Crippen molar-refractivity contribution >= 4 is 17.3 Å². The lowest BCUT2D eigenvalue weighted by Gasteiger charge is -2.19. The third-order valence-electron chi connectivity index (χ3n) is 4.89. The van der Waals surface area contributed by atoms with Crippen LogP contribution in [0.4, 0.5) is 11.4 Å². The summed E-state index contributed by atoms with van der Waals surface area (Å²) < 4.78 is 0. The van der Waals surface area contributed by atoms with Crippen LogP contribution in [0.3, 0.4) is 0 Å². The molecule has 0 spiro atoms. The Labute approximate surface area is 153 Å². The van der Waals surface area contributed by atoms with Crippen molar-refractivity contribution < 1.29 is 4.79 Å². The molecular formula is C22H21N3O. The van der Waals surface area contributed by atoms with E-state index in [4.69, 9.17) is 0 Å². The number of pyridine rings is 1. The molecular weight excluding hydrogens is 322 g/mol. The Morgan fingerprint density at radius 1 is 1.12 bits per heavy atom. The molecule has 0 unspecified atom stereocenters. The van der Waals surface area contributed by atoms with Crippen LogP contribution >= 0.6 is 0 Å². The van der Waals surface area contributed by atoms with Crippen LogP contribution in [0.25, 0.3) is 0 Å². The number of nitrogens with zero attached hydrogens (tertiary/aromatic N) is 2. The predicted molar refractivity (Wildman–Crippen MR) is 104 cm³/mol. The molecule has 1 aliphatic heterocycles. The van der Waals surface area contributed by atoms with Crippen LogP contribution in [0.15, 0.2) is 67.0 Å². The summed E-state index contributed by atoms with van der Waals surface area (Å²) in [6.45, 7) is 3.48. The Morgan fingerprint density at radius 3 is 2.81 bits per heavy atom. The normalized spacial score (nSPS) is 12.7. The molecule has 3 aromatic rings. The van der Waals surface area contributed by atoms with Crippen molar-refractivity contribution in [3.05, 3.63) is 89.2 Å². The van der Waals surface area contributed by atoms with Gasteiger partial charge < -0.3 is 10.2 Å². The van der Waals surface area contributed by atoms with E-state index in [1.54, 1.807) is 6.20 Å². The highest BCUT2D eigenvalue weighted by Gasteiger charge is 2.20. The SMILES string of the molecule is Cc1ccccc1CNC(=O)c1cncc(N2CCc3ccccc32)c1. The van der Waals surface area contributed by atoms with E-state index in [9.17, 15) is 4.79 Å². The van der Waals surface area contributed by atoms with Gasteiger partial charge in [-0.1, -0.05) is 42.5 Å². The molecule has 4 nitrogen and oxygen atoms in total. The smallest absolute Gasteiger partial charge is 0.253 e. The number of anilines is 2. The Kier molecular flexibility index (Phi) is 4.40. The summed E-state index contributed by atoms with van der Waals surface area (Å²) in [4.78, 5) is 19.1. The zero-order valence-corrected chi connectivity index (χ0v) is 14.8. The standard InChI is InChI=1S/C22H21N3O/c1-16-6-2-3-8-18(16)14-24-22(26)19-12-20(15-23-13-19)25-11-10-17-7-4-5-9-21(17)25/h2-9,12-13,15H,10-11,14H2,1H3,(H,24,26). The van der Waals surface area contributed by atoms with Gasteiger partial charge in [-0.05, 0) is 42.2 Å². The highest BCUT2D eigenvalue weighted by Crippen LogP contribution is 2.34. The van der Waals surface area contributed by atoms with E-state index >= 15 is 0 Å². The highest BCUT2D eigenvalue weighted by molar-refractivity contribution is 5.95. The van der Waals surface area contributed by atoms with Gasteiger partial charge in [-0.2, -0.15) is 0 Å². The van der Waals surface area contributed by atoms with Crippen molar-refractivity contribution in [1.29, 1.82) is 0 Å². The second-order valence-electron chi connectivity index (χ2n) is 6.57. The van der Waals surface area contributed by atoms with Gasteiger partial charge in [0.05, 0.1) is 17.4 Å². The molecule has 0 fully saturated rings. The summed E-state index contributed by atoms with van der Waals surface area (Å²) in [5.74, 6) is -0.102. The first-order chi connectivity index (χ1) is 12.7. The first-order valence-corrected chi connectivity index (χ1v) is 8.85. The zero-order chi connectivity index (χ0) is 17.9. The van der Waals surface area contributed by atoms with Crippen LogP contribution in [-0.2, 0) is 13.0 Å². The molecule has 4 rings (SSSR count). The molecule has 1 aliphatic rings. The van der Waals surface area contributed by atoms with E-state index in [1.807, 2.05) is 36.5 Å². The summed E-state index contributed by atoms with van der Waals surface area (Å²) in [5, 5.41) is 3.00. The van der Waals surface area contributed by atoms with Crippen LogP contribution in [-0.4, -0.2) is 17.4 Å². The van der Waals surface area contributed by atoms with Gasteiger partial charge in [0.1, 0.15) is 0 Å². The fraction of sp³-hybridized carbons (Fsp3) is 0.182. The van der Waals surface area contributed by atoms with E-state index in [2.05, 4.69) is 46.4 Å². The van der Waals surface area contributed by atoms with Crippen LogP contribution in [0.1, 0.15) is 27.0 Å². The average Bonchev–Trinajstić information content (AvgIpc) is 3.11. The average molecular weight is 343 g/mol. The van der Waals surface area contributed by atoms with Gasteiger partial charge in [0.15, 0.2) is 0 Å². The molecule has 0 saturated heterocycles. The third-order valence-corrected chi connectivity index (χ3v) is 4.89. The number of nitrogens with one attached hydrogen (secondary N) is 1. The quantitative estimate of drug-likeness (QED) is 0.778. The Morgan fingerprint density at radius 2 is 1.92 bits per heavy atom. The topological polar surface area (TPSA) is 45.2 Å². The molecule has 2 heterocycles. The number of hydrogen-bond acceptors (Lipinski definition) is 3. The number of aryl methyl sites for hydroxylation is 1. The molecule has 0 saturated carbocycles.